The Bertz CT molecular complexity index is 1040. The van der Waals surface area contributed by atoms with Crippen LogP contribution in [0.2, 0.25) is 0 Å². The normalized spacial score (nSPS) is 19.9. The lowest BCUT2D eigenvalue weighted by atomic mass is 9.82. The van der Waals surface area contributed by atoms with Crippen LogP contribution in [0.3, 0.4) is 0 Å². The number of carbonyl (C=O) groups is 3. The van der Waals surface area contributed by atoms with E-state index in [-0.39, 0.29) is 11.8 Å². The first-order valence-electron chi connectivity index (χ1n) is 10.1. The second kappa shape index (κ2) is 8.44. The predicted molar refractivity (Wildman–Crippen MR) is 117 cm³/mol. The van der Waals surface area contributed by atoms with Crippen LogP contribution in [-0.4, -0.2) is 22.9 Å². The fraction of sp³-hybridized carbons (Fsp3) is 0.348. The first-order valence-corrected chi connectivity index (χ1v) is 11.0. The Kier molecular flexibility index (Phi) is 5.72. The molecule has 6 nitrogen and oxygen atoms in total. The van der Waals surface area contributed by atoms with Crippen molar-refractivity contribution in [3.63, 3.8) is 0 Å². The first kappa shape index (κ1) is 20.3. The summed E-state index contributed by atoms with van der Waals surface area (Å²) in [6.07, 6.45) is 7.08. The lowest BCUT2D eigenvalue weighted by Crippen LogP contribution is -2.35. The van der Waals surface area contributed by atoms with Gasteiger partial charge in [0.05, 0.1) is 17.4 Å². The van der Waals surface area contributed by atoms with Crippen molar-refractivity contribution in [3.8, 4) is 0 Å². The van der Waals surface area contributed by atoms with Crippen molar-refractivity contribution in [2.75, 3.05) is 10.6 Å². The zero-order valence-electron chi connectivity index (χ0n) is 16.7. The SMILES string of the molecule is Cc1cccc(NC(=O)c2c(NC(=O)[C@@H]3CC=CC[C@@H]3C(=O)O)sc3c2CCC3)c1. The zero-order chi connectivity index (χ0) is 21.3. The number of nitrogens with one attached hydrogen (secondary N) is 2. The van der Waals surface area contributed by atoms with Crippen molar-refractivity contribution in [1.29, 1.82) is 0 Å². The maximum atomic E-state index is 13.1. The van der Waals surface area contributed by atoms with Crippen molar-refractivity contribution in [2.24, 2.45) is 11.8 Å². The van der Waals surface area contributed by atoms with Gasteiger partial charge in [0, 0.05) is 10.6 Å². The van der Waals surface area contributed by atoms with E-state index < -0.39 is 17.8 Å². The fourth-order valence-corrected chi connectivity index (χ4v) is 5.52. The first-order chi connectivity index (χ1) is 14.4. The van der Waals surface area contributed by atoms with Crippen LogP contribution in [0.1, 0.15) is 45.6 Å². The third-order valence-corrected chi connectivity index (χ3v) is 6.95. The van der Waals surface area contributed by atoms with E-state index in [0.717, 1.165) is 35.3 Å². The number of carboxylic acids is 1. The highest BCUT2D eigenvalue weighted by Gasteiger charge is 2.35. The van der Waals surface area contributed by atoms with Crippen molar-refractivity contribution in [2.45, 2.75) is 39.0 Å². The molecule has 0 bridgehead atoms. The van der Waals surface area contributed by atoms with Crippen LogP contribution in [0, 0.1) is 18.8 Å². The number of carbonyl (C=O) groups excluding carboxylic acids is 2. The summed E-state index contributed by atoms with van der Waals surface area (Å²) in [4.78, 5) is 38.8. The topological polar surface area (TPSA) is 95.5 Å². The molecule has 3 N–H and O–H groups in total. The Hall–Kier alpha value is -2.93. The van der Waals surface area contributed by atoms with Crippen molar-refractivity contribution >= 4 is 39.8 Å². The lowest BCUT2D eigenvalue weighted by molar-refractivity contribution is -0.146. The number of benzene rings is 1. The highest BCUT2D eigenvalue weighted by Crippen LogP contribution is 2.40. The summed E-state index contributed by atoms with van der Waals surface area (Å²) in [5.41, 5.74) is 3.26. The molecule has 4 rings (SSSR count). The van der Waals surface area contributed by atoms with E-state index in [1.165, 1.54) is 11.3 Å². The number of anilines is 2. The van der Waals surface area contributed by atoms with Crippen molar-refractivity contribution < 1.29 is 19.5 Å². The highest BCUT2D eigenvalue weighted by atomic mass is 32.1. The molecular formula is C23H24N2O4S. The minimum Gasteiger partial charge on any atom is -0.481 e. The Labute approximate surface area is 179 Å². The lowest BCUT2D eigenvalue weighted by Gasteiger charge is -2.24. The molecule has 2 aromatic rings. The van der Waals surface area contributed by atoms with Crippen LogP contribution in [0.25, 0.3) is 0 Å². The number of amides is 2. The number of aliphatic carboxylic acids is 1. The summed E-state index contributed by atoms with van der Waals surface area (Å²) in [5.74, 6) is -2.93. The number of carboxylic acid groups (broad SMARTS) is 1. The van der Waals surface area contributed by atoms with Gasteiger partial charge < -0.3 is 15.7 Å². The second-order valence-corrected chi connectivity index (χ2v) is 8.97. The summed E-state index contributed by atoms with van der Waals surface area (Å²) in [5, 5.41) is 15.8. The molecule has 0 aliphatic heterocycles. The van der Waals surface area contributed by atoms with Gasteiger partial charge in [-0.05, 0) is 62.3 Å². The Balaban J connectivity index is 1.60. The van der Waals surface area contributed by atoms with E-state index in [1.807, 2.05) is 43.3 Å². The maximum absolute atomic E-state index is 13.1. The summed E-state index contributed by atoms with van der Waals surface area (Å²) in [7, 11) is 0. The average molecular weight is 425 g/mol. The summed E-state index contributed by atoms with van der Waals surface area (Å²) in [6, 6.07) is 7.57. The molecule has 2 amide bonds. The van der Waals surface area contributed by atoms with E-state index >= 15 is 0 Å². The van der Waals surface area contributed by atoms with Gasteiger partial charge in [0.1, 0.15) is 5.00 Å². The van der Waals surface area contributed by atoms with Gasteiger partial charge in [-0.2, -0.15) is 0 Å². The number of fused-ring (bicyclic) bond motifs is 1. The highest BCUT2D eigenvalue weighted by molar-refractivity contribution is 7.17. The zero-order valence-corrected chi connectivity index (χ0v) is 17.6. The minimum atomic E-state index is -0.967. The third kappa shape index (κ3) is 4.03. The number of hydrogen-bond acceptors (Lipinski definition) is 4. The molecule has 7 heteroatoms. The summed E-state index contributed by atoms with van der Waals surface area (Å²) in [6.45, 7) is 1.96. The molecule has 0 unspecified atom stereocenters. The molecule has 0 saturated heterocycles. The molecule has 1 aromatic carbocycles. The molecule has 0 saturated carbocycles. The van der Waals surface area contributed by atoms with E-state index in [2.05, 4.69) is 10.6 Å². The summed E-state index contributed by atoms with van der Waals surface area (Å²) < 4.78 is 0. The van der Waals surface area contributed by atoms with Gasteiger partial charge in [0.25, 0.3) is 5.91 Å². The quantitative estimate of drug-likeness (QED) is 0.620. The van der Waals surface area contributed by atoms with Crippen LogP contribution in [0.5, 0.6) is 0 Å². The van der Waals surface area contributed by atoms with Gasteiger partial charge in [-0.3, -0.25) is 14.4 Å². The van der Waals surface area contributed by atoms with Gasteiger partial charge in [-0.15, -0.1) is 11.3 Å². The Morgan fingerprint density at radius 1 is 1.07 bits per heavy atom. The third-order valence-electron chi connectivity index (χ3n) is 5.75. The molecule has 30 heavy (non-hydrogen) atoms. The molecule has 156 valence electrons. The predicted octanol–water partition coefficient (Wildman–Crippen LogP) is 4.40. The van der Waals surface area contributed by atoms with Gasteiger partial charge in [0.2, 0.25) is 5.91 Å². The fourth-order valence-electron chi connectivity index (χ4n) is 4.23. The van der Waals surface area contributed by atoms with Crippen LogP contribution in [0.4, 0.5) is 10.7 Å². The molecule has 0 spiro atoms. The van der Waals surface area contributed by atoms with E-state index in [1.54, 1.807) is 0 Å². The smallest absolute Gasteiger partial charge is 0.307 e. The number of thiophene rings is 1. The molecule has 2 aliphatic carbocycles. The van der Waals surface area contributed by atoms with Crippen LogP contribution < -0.4 is 10.6 Å². The molecule has 2 atom stereocenters. The largest absolute Gasteiger partial charge is 0.481 e. The molecule has 1 aromatic heterocycles. The molecule has 1 heterocycles. The monoisotopic (exact) mass is 424 g/mol. The van der Waals surface area contributed by atoms with Crippen LogP contribution in [0.15, 0.2) is 36.4 Å². The van der Waals surface area contributed by atoms with Gasteiger partial charge in [0.15, 0.2) is 0 Å². The van der Waals surface area contributed by atoms with Crippen molar-refractivity contribution in [1.82, 2.24) is 0 Å². The van der Waals surface area contributed by atoms with Crippen LogP contribution >= 0.6 is 11.3 Å². The average Bonchev–Trinajstić information content (AvgIpc) is 3.28. The molecular weight excluding hydrogens is 400 g/mol. The molecule has 0 fully saturated rings. The second-order valence-electron chi connectivity index (χ2n) is 7.87. The minimum absolute atomic E-state index is 0.242. The van der Waals surface area contributed by atoms with Crippen molar-refractivity contribution in [3.05, 3.63) is 58.0 Å². The number of hydrogen-bond donors (Lipinski definition) is 3. The maximum Gasteiger partial charge on any atom is 0.307 e. The molecule has 0 radical (unpaired) electrons. The summed E-state index contributed by atoms with van der Waals surface area (Å²) >= 11 is 1.43. The van der Waals surface area contributed by atoms with E-state index in [9.17, 15) is 19.5 Å². The molecule has 2 aliphatic rings. The Morgan fingerprint density at radius 2 is 1.83 bits per heavy atom. The number of allylic oxidation sites excluding steroid dienone is 2. The number of rotatable bonds is 5. The van der Waals surface area contributed by atoms with Crippen LogP contribution in [-0.2, 0) is 22.4 Å². The number of aryl methyl sites for hydroxylation is 2. The van der Waals surface area contributed by atoms with E-state index in [0.29, 0.717) is 29.1 Å². The van der Waals surface area contributed by atoms with Gasteiger partial charge in [-0.25, -0.2) is 0 Å². The Morgan fingerprint density at radius 3 is 2.57 bits per heavy atom. The standard InChI is InChI=1S/C23H24N2O4S/c1-13-6-4-7-14(12-13)24-21(27)19-17-10-5-11-18(17)30-22(19)25-20(26)15-8-2-3-9-16(15)23(28)29/h2-4,6-7,12,15-16H,5,8-11H2,1H3,(H,24,27)(H,25,26)(H,28,29)/t15-,16+/m1/s1. The van der Waals surface area contributed by atoms with E-state index in [4.69, 9.17) is 0 Å². The van der Waals surface area contributed by atoms with Gasteiger partial charge >= 0.3 is 5.97 Å². The van der Waals surface area contributed by atoms with Gasteiger partial charge in [-0.1, -0.05) is 24.3 Å².